The number of carbonyl (C=O) groups is 1. The molecule has 0 saturated heterocycles. The van der Waals surface area contributed by atoms with Gasteiger partial charge in [-0.05, 0) is 42.0 Å². The van der Waals surface area contributed by atoms with Crippen LogP contribution in [0.15, 0.2) is 60.8 Å². The lowest BCUT2D eigenvalue weighted by Gasteiger charge is -2.20. The number of likely N-dealkylation sites (N-methyl/N-ethyl adjacent to an activating group) is 1. The van der Waals surface area contributed by atoms with Crippen molar-refractivity contribution < 1.29 is 35.5 Å². The van der Waals surface area contributed by atoms with E-state index in [1.807, 2.05) is 0 Å². The number of aromatic nitrogens is 1. The molecule has 3 nitrogen and oxygen atoms in total. The van der Waals surface area contributed by atoms with Crippen molar-refractivity contribution in [3.63, 3.8) is 0 Å². The Morgan fingerprint density at radius 2 is 1.63 bits per heavy atom. The molecule has 0 bridgehead atoms. The summed E-state index contributed by atoms with van der Waals surface area (Å²) in [6.45, 7) is -0.494. The van der Waals surface area contributed by atoms with Crippen molar-refractivity contribution in [1.29, 1.82) is 0 Å². The quantitative estimate of drug-likeness (QED) is 0.154. The number of carbonyl (C=O) groups excluding carboxylic acids is 1. The second-order valence-electron chi connectivity index (χ2n) is 8.06. The van der Waals surface area contributed by atoms with Gasteiger partial charge < -0.3 is 4.90 Å². The Morgan fingerprint density at radius 1 is 1.00 bits per heavy atom. The smallest absolute Gasteiger partial charge is 0.352 e. The molecule has 0 aliphatic heterocycles. The normalized spacial score (nSPS) is 13.4. The Kier molecular flexibility index (Phi) is 9.00. The number of allylic oxidation sites excluding steroid dienone is 1. The number of benzene rings is 2. The number of Topliss-reactive ketones (excluding diaryl/α,β-unsaturated/α-hetero) is 1. The lowest BCUT2D eigenvalue weighted by molar-refractivity contribution is -0.140. The van der Waals surface area contributed by atoms with Crippen molar-refractivity contribution >= 4 is 52.2 Å². The van der Waals surface area contributed by atoms with Crippen molar-refractivity contribution in [2.75, 3.05) is 18.5 Å². The van der Waals surface area contributed by atoms with Gasteiger partial charge in [0.15, 0.2) is 5.78 Å². The molecule has 1 aromatic heterocycles. The van der Waals surface area contributed by atoms with E-state index in [0.29, 0.717) is 5.82 Å². The number of ketones is 1. The summed E-state index contributed by atoms with van der Waals surface area (Å²) in [6, 6.07) is 8.24. The molecule has 3 rings (SSSR count). The molecule has 38 heavy (non-hydrogen) atoms. The summed E-state index contributed by atoms with van der Waals surface area (Å²) in [5.41, 5.74) is -3.67. The summed E-state index contributed by atoms with van der Waals surface area (Å²) in [5.74, 6) is -4.86. The SMILES string of the molecule is CN(CC(=O)c1ccc(/C(F)=C/C(c2cc(Cl)c(Cl)c(Cl)c2)C(F)(F)F)cc1C(F)(F)F)c1ccccn1. The zero-order chi connectivity index (χ0) is 28.4. The van der Waals surface area contributed by atoms with Crippen LogP contribution in [0.25, 0.3) is 5.83 Å². The molecule has 0 N–H and O–H groups in total. The second-order valence-corrected chi connectivity index (χ2v) is 9.25. The maximum absolute atomic E-state index is 15.0. The highest BCUT2D eigenvalue weighted by Gasteiger charge is 2.41. The fourth-order valence-corrected chi connectivity index (χ4v) is 4.12. The van der Waals surface area contributed by atoms with E-state index >= 15 is 4.39 Å². The number of rotatable bonds is 7. The van der Waals surface area contributed by atoms with Crippen molar-refractivity contribution in [3.05, 3.63) is 98.1 Å². The average Bonchev–Trinajstić information content (AvgIpc) is 2.84. The predicted molar refractivity (Wildman–Crippen MR) is 133 cm³/mol. The van der Waals surface area contributed by atoms with Crippen LogP contribution in [-0.4, -0.2) is 30.5 Å². The van der Waals surface area contributed by atoms with Crippen LogP contribution < -0.4 is 4.90 Å². The van der Waals surface area contributed by atoms with Crippen molar-refractivity contribution in [1.82, 2.24) is 4.98 Å². The number of hydrogen-bond acceptors (Lipinski definition) is 3. The van der Waals surface area contributed by atoms with Gasteiger partial charge >= 0.3 is 12.4 Å². The third-order valence-electron chi connectivity index (χ3n) is 5.35. The number of hydrogen-bond donors (Lipinski definition) is 0. The molecule has 0 radical (unpaired) electrons. The Bertz CT molecular complexity index is 1340. The van der Waals surface area contributed by atoms with Gasteiger partial charge in [0.05, 0.1) is 27.2 Å². The van der Waals surface area contributed by atoms with Crippen LogP contribution in [0.1, 0.15) is 33.0 Å². The zero-order valence-electron chi connectivity index (χ0n) is 19.1. The van der Waals surface area contributed by atoms with Crippen LogP contribution in [0.4, 0.5) is 36.6 Å². The second kappa shape index (κ2) is 11.5. The molecule has 0 aliphatic rings. The first-order chi connectivity index (χ1) is 17.6. The summed E-state index contributed by atoms with van der Waals surface area (Å²) >= 11 is 17.4. The summed E-state index contributed by atoms with van der Waals surface area (Å²) in [5, 5.41) is -0.864. The van der Waals surface area contributed by atoms with E-state index in [1.54, 1.807) is 18.2 Å². The topological polar surface area (TPSA) is 33.2 Å². The van der Waals surface area contributed by atoms with E-state index in [4.69, 9.17) is 34.8 Å². The van der Waals surface area contributed by atoms with Gasteiger partial charge in [-0.25, -0.2) is 9.37 Å². The van der Waals surface area contributed by atoms with Gasteiger partial charge in [0, 0.05) is 24.4 Å². The predicted octanol–water partition coefficient (Wildman–Crippen LogP) is 9.04. The number of nitrogens with zero attached hydrogens (tertiary/aromatic N) is 2. The third kappa shape index (κ3) is 6.98. The first kappa shape index (κ1) is 29.7. The van der Waals surface area contributed by atoms with Gasteiger partial charge in [-0.15, -0.1) is 0 Å². The molecule has 0 spiro atoms. The molecule has 0 fully saturated rings. The van der Waals surface area contributed by atoms with E-state index in [-0.39, 0.29) is 27.2 Å². The van der Waals surface area contributed by atoms with E-state index in [9.17, 15) is 31.1 Å². The van der Waals surface area contributed by atoms with Gasteiger partial charge in [0.25, 0.3) is 0 Å². The largest absolute Gasteiger partial charge is 0.417 e. The maximum Gasteiger partial charge on any atom is 0.417 e. The van der Waals surface area contributed by atoms with E-state index in [2.05, 4.69) is 4.98 Å². The van der Waals surface area contributed by atoms with Gasteiger partial charge in [0.2, 0.25) is 0 Å². The molecule has 1 atom stereocenters. The number of anilines is 1. The zero-order valence-corrected chi connectivity index (χ0v) is 21.4. The fraction of sp³-hybridized carbons (Fsp3) is 0.200. The third-order valence-corrected chi connectivity index (χ3v) is 6.55. The minimum atomic E-state index is -5.11. The van der Waals surface area contributed by atoms with E-state index < -0.39 is 58.7 Å². The molecule has 3 aromatic rings. The highest BCUT2D eigenvalue weighted by molar-refractivity contribution is 6.48. The molecule has 0 aliphatic carbocycles. The Morgan fingerprint density at radius 3 is 2.16 bits per heavy atom. The molecule has 0 amide bonds. The minimum absolute atomic E-state index is 0.0989. The molecule has 1 heterocycles. The molecule has 0 saturated carbocycles. The lowest BCUT2D eigenvalue weighted by atomic mass is 9.95. The van der Waals surface area contributed by atoms with E-state index in [0.717, 1.165) is 24.3 Å². The average molecular weight is 600 g/mol. The molecule has 2 aromatic carbocycles. The van der Waals surface area contributed by atoms with Gasteiger partial charge in [-0.3, -0.25) is 4.79 Å². The monoisotopic (exact) mass is 598 g/mol. The van der Waals surface area contributed by atoms with Crippen LogP contribution in [0.2, 0.25) is 15.1 Å². The summed E-state index contributed by atoms with van der Waals surface area (Å²) in [7, 11) is 1.44. The highest BCUT2D eigenvalue weighted by Crippen LogP contribution is 2.43. The van der Waals surface area contributed by atoms with Gasteiger partial charge in [-0.2, -0.15) is 26.3 Å². The number of pyridine rings is 1. The minimum Gasteiger partial charge on any atom is -0.352 e. The Labute approximate surface area is 227 Å². The van der Waals surface area contributed by atoms with Crippen molar-refractivity contribution in [3.8, 4) is 0 Å². The Balaban J connectivity index is 2.01. The van der Waals surface area contributed by atoms with Crippen LogP contribution in [0.3, 0.4) is 0 Å². The molecular weight excluding hydrogens is 584 g/mol. The Hall–Kier alpha value is -2.82. The maximum atomic E-state index is 15.0. The lowest BCUT2D eigenvalue weighted by Crippen LogP contribution is -2.28. The van der Waals surface area contributed by atoms with E-state index in [1.165, 1.54) is 18.1 Å². The van der Waals surface area contributed by atoms with Crippen LogP contribution in [0.5, 0.6) is 0 Å². The van der Waals surface area contributed by atoms with Crippen molar-refractivity contribution in [2.45, 2.75) is 18.3 Å². The van der Waals surface area contributed by atoms with Crippen LogP contribution >= 0.6 is 34.8 Å². The van der Waals surface area contributed by atoms with Crippen LogP contribution in [0, 0.1) is 0 Å². The summed E-state index contributed by atoms with van der Waals surface area (Å²) in [6.07, 6.45) is -8.63. The molecular formula is C25H16Cl3F7N2O. The van der Waals surface area contributed by atoms with Crippen LogP contribution in [-0.2, 0) is 6.18 Å². The fourth-order valence-electron chi connectivity index (χ4n) is 3.51. The molecule has 1 unspecified atom stereocenters. The number of alkyl halides is 6. The first-order valence-corrected chi connectivity index (χ1v) is 11.7. The van der Waals surface area contributed by atoms with Gasteiger partial charge in [0.1, 0.15) is 17.6 Å². The first-order valence-electron chi connectivity index (χ1n) is 10.5. The number of halogens is 10. The van der Waals surface area contributed by atoms with Crippen molar-refractivity contribution in [2.24, 2.45) is 0 Å². The standard InChI is InChI=1S/C25H16Cl3F7N2O/c1-37(22-4-2-3-7-36-22)12-21(38)15-6-5-13(8-17(15)25(33,34)35)20(29)11-16(24(30,31)32)14-9-18(26)23(28)19(27)10-14/h2-11,16H,12H2,1H3/b20-11-. The highest BCUT2D eigenvalue weighted by atomic mass is 35.5. The molecule has 13 heteroatoms. The summed E-state index contributed by atoms with van der Waals surface area (Å²) in [4.78, 5) is 18.0. The summed E-state index contributed by atoms with van der Waals surface area (Å²) < 4.78 is 97.8. The van der Waals surface area contributed by atoms with Gasteiger partial charge in [-0.1, -0.05) is 53.0 Å². The molecule has 202 valence electrons.